The molecule has 6 heteroatoms. The van der Waals surface area contributed by atoms with Crippen LogP contribution in [-0.4, -0.2) is 15.5 Å². The number of ether oxygens (including phenoxy) is 1. The van der Waals surface area contributed by atoms with Crippen LogP contribution in [0.3, 0.4) is 0 Å². The first kappa shape index (κ1) is 16.0. The third-order valence-corrected chi connectivity index (χ3v) is 4.62. The van der Waals surface area contributed by atoms with Gasteiger partial charge < -0.3 is 4.74 Å². The Morgan fingerprint density at radius 2 is 1.68 bits per heavy atom. The summed E-state index contributed by atoms with van der Waals surface area (Å²) in [6.07, 6.45) is 0. The summed E-state index contributed by atoms with van der Waals surface area (Å²) >= 11 is 0. The predicted molar refractivity (Wildman–Crippen MR) is 82.8 cm³/mol. The Labute approximate surface area is 130 Å². The monoisotopic (exact) mass is 316 g/mol. The van der Waals surface area contributed by atoms with Gasteiger partial charge in [0.05, 0.1) is 18.1 Å². The Morgan fingerprint density at radius 3 is 2.18 bits per heavy atom. The number of rotatable bonds is 5. The van der Waals surface area contributed by atoms with E-state index >= 15 is 0 Å². The zero-order valence-corrected chi connectivity index (χ0v) is 13.1. The van der Waals surface area contributed by atoms with E-state index in [4.69, 9.17) is 4.74 Å². The highest BCUT2D eigenvalue weighted by molar-refractivity contribution is 7.89. The first-order valence-electron chi connectivity index (χ1n) is 6.59. The fourth-order valence-corrected chi connectivity index (χ4v) is 3.04. The molecule has 0 fully saturated rings. The highest BCUT2D eigenvalue weighted by Gasteiger charge is 2.21. The molecular formula is C16H16N2O3S. The van der Waals surface area contributed by atoms with E-state index in [-0.39, 0.29) is 4.90 Å². The number of sulfonamides is 1. The molecule has 2 rings (SSSR count). The van der Waals surface area contributed by atoms with Gasteiger partial charge in [-0.05, 0) is 36.8 Å². The fourth-order valence-electron chi connectivity index (χ4n) is 1.91. The van der Waals surface area contributed by atoms with Gasteiger partial charge in [-0.15, -0.1) is 0 Å². The largest absolute Gasteiger partial charge is 0.497 e. The minimum absolute atomic E-state index is 0.0839. The minimum atomic E-state index is -3.78. The van der Waals surface area contributed by atoms with Crippen molar-refractivity contribution in [2.45, 2.75) is 17.9 Å². The van der Waals surface area contributed by atoms with Gasteiger partial charge in [0.15, 0.2) is 0 Å². The molecule has 1 N–H and O–H groups in total. The Kier molecular flexibility index (Phi) is 4.81. The number of hydrogen-bond acceptors (Lipinski definition) is 4. The molecule has 22 heavy (non-hydrogen) atoms. The van der Waals surface area contributed by atoms with Gasteiger partial charge in [-0.25, -0.2) is 8.42 Å². The molecule has 2 aromatic rings. The van der Waals surface area contributed by atoms with Crippen LogP contribution >= 0.6 is 0 Å². The van der Waals surface area contributed by atoms with Crippen LogP contribution in [0.15, 0.2) is 53.4 Å². The zero-order valence-electron chi connectivity index (χ0n) is 12.3. The molecule has 0 aromatic heterocycles. The number of nitriles is 1. The highest BCUT2D eigenvalue weighted by atomic mass is 32.2. The van der Waals surface area contributed by atoms with Crippen LogP contribution in [0.25, 0.3) is 0 Å². The summed E-state index contributed by atoms with van der Waals surface area (Å²) in [5, 5.41) is 9.24. The van der Waals surface area contributed by atoms with Crippen LogP contribution in [0.5, 0.6) is 5.75 Å². The average Bonchev–Trinajstić information content (AvgIpc) is 2.53. The van der Waals surface area contributed by atoms with Gasteiger partial charge in [0.1, 0.15) is 11.8 Å². The van der Waals surface area contributed by atoms with Crippen LogP contribution in [0.1, 0.15) is 17.2 Å². The van der Waals surface area contributed by atoms with Crippen molar-refractivity contribution in [3.05, 3.63) is 59.7 Å². The summed E-state index contributed by atoms with van der Waals surface area (Å²) in [6.45, 7) is 1.92. The van der Waals surface area contributed by atoms with Crippen molar-refractivity contribution in [2.75, 3.05) is 7.11 Å². The van der Waals surface area contributed by atoms with E-state index in [0.29, 0.717) is 11.3 Å². The van der Waals surface area contributed by atoms with Crippen molar-refractivity contribution in [2.24, 2.45) is 0 Å². The van der Waals surface area contributed by atoms with E-state index in [0.717, 1.165) is 5.56 Å². The molecule has 0 aliphatic carbocycles. The maximum absolute atomic E-state index is 12.3. The summed E-state index contributed by atoms with van der Waals surface area (Å²) in [4.78, 5) is 0.0839. The van der Waals surface area contributed by atoms with Gasteiger partial charge in [-0.3, -0.25) is 0 Å². The van der Waals surface area contributed by atoms with E-state index in [1.807, 2.05) is 25.1 Å². The lowest BCUT2D eigenvalue weighted by Gasteiger charge is -2.13. The number of aryl methyl sites for hydroxylation is 1. The van der Waals surface area contributed by atoms with Crippen LogP contribution in [-0.2, 0) is 10.0 Å². The molecular weight excluding hydrogens is 300 g/mol. The zero-order chi connectivity index (χ0) is 16.2. The number of benzene rings is 2. The van der Waals surface area contributed by atoms with Crippen molar-refractivity contribution >= 4 is 10.0 Å². The first-order chi connectivity index (χ1) is 10.5. The summed E-state index contributed by atoms with van der Waals surface area (Å²) in [5.74, 6) is 0.564. The summed E-state index contributed by atoms with van der Waals surface area (Å²) in [7, 11) is -2.28. The maximum Gasteiger partial charge on any atom is 0.242 e. The van der Waals surface area contributed by atoms with Crippen LogP contribution < -0.4 is 9.46 Å². The molecule has 2 aromatic carbocycles. The molecule has 0 radical (unpaired) electrons. The van der Waals surface area contributed by atoms with Gasteiger partial charge in [-0.1, -0.05) is 29.8 Å². The summed E-state index contributed by atoms with van der Waals surface area (Å²) in [6, 6.07) is 14.2. The molecule has 1 atom stereocenters. The van der Waals surface area contributed by atoms with Crippen molar-refractivity contribution in [3.63, 3.8) is 0 Å². The molecule has 114 valence electrons. The molecule has 0 spiro atoms. The third kappa shape index (κ3) is 3.64. The first-order valence-corrected chi connectivity index (χ1v) is 8.07. The van der Waals surface area contributed by atoms with Crippen LogP contribution in [0.4, 0.5) is 0 Å². The number of nitrogens with one attached hydrogen (secondary N) is 1. The number of methoxy groups -OCH3 is 1. The molecule has 0 heterocycles. The molecule has 0 aliphatic rings. The van der Waals surface area contributed by atoms with Crippen LogP contribution in [0.2, 0.25) is 0 Å². The highest BCUT2D eigenvalue weighted by Crippen LogP contribution is 2.19. The average molecular weight is 316 g/mol. The summed E-state index contributed by atoms with van der Waals surface area (Å²) in [5.41, 5.74) is 1.64. The normalized spacial score (nSPS) is 12.4. The van der Waals surface area contributed by atoms with Crippen molar-refractivity contribution < 1.29 is 13.2 Å². The van der Waals surface area contributed by atoms with E-state index in [9.17, 15) is 13.7 Å². The molecule has 0 bridgehead atoms. The third-order valence-electron chi connectivity index (χ3n) is 3.18. The van der Waals surface area contributed by atoms with Crippen LogP contribution in [0, 0.1) is 18.3 Å². The standard InChI is InChI=1S/C16H16N2O3S/c1-12-3-5-13(6-4-12)16(11-17)18-22(19,20)15-9-7-14(21-2)8-10-15/h3-10,16,18H,1-2H3. The van der Waals surface area contributed by atoms with Crippen molar-refractivity contribution in [1.82, 2.24) is 4.72 Å². The fraction of sp³-hybridized carbons (Fsp3) is 0.188. The Balaban J connectivity index is 2.25. The van der Waals surface area contributed by atoms with E-state index < -0.39 is 16.1 Å². The number of hydrogen-bond donors (Lipinski definition) is 1. The molecule has 0 saturated heterocycles. The van der Waals surface area contributed by atoms with Crippen molar-refractivity contribution in [3.8, 4) is 11.8 Å². The second-order valence-corrected chi connectivity index (χ2v) is 6.48. The summed E-state index contributed by atoms with van der Waals surface area (Å²) < 4.78 is 32.1. The Hall–Kier alpha value is -2.36. The lowest BCUT2D eigenvalue weighted by Crippen LogP contribution is -2.27. The van der Waals surface area contributed by atoms with Crippen molar-refractivity contribution in [1.29, 1.82) is 5.26 Å². The molecule has 0 amide bonds. The SMILES string of the molecule is COc1ccc(S(=O)(=O)NC(C#N)c2ccc(C)cc2)cc1. The lowest BCUT2D eigenvalue weighted by atomic mass is 10.1. The topological polar surface area (TPSA) is 79.2 Å². The lowest BCUT2D eigenvalue weighted by molar-refractivity contribution is 0.414. The molecule has 0 aliphatic heterocycles. The van der Waals surface area contributed by atoms with Gasteiger partial charge in [0.2, 0.25) is 10.0 Å². The minimum Gasteiger partial charge on any atom is -0.497 e. The smallest absolute Gasteiger partial charge is 0.242 e. The second kappa shape index (κ2) is 6.60. The second-order valence-electron chi connectivity index (χ2n) is 4.77. The number of nitrogens with zero attached hydrogens (tertiary/aromatic N) is 1. The molecule has 0 saturated carbocycles. The van der Waals surface area contributed by atoms with E-state index in [1.54, 1.807) is 24.3 Å². The van der Waals surface area contributed by atoms with E-state index in [1.165, 1.54) is 19.2 Å². The predicted octanol–water partition coefficient (Wildman–Crippen LogP) is 2.55. The quantitative estimate of drug-likeness (QED) is 0.919. The Morgan fingerprint density at radius 1 is 1.09 bits per heavy atom. The van der Waals surface area contributed by atoms with Gasteiger partial charge in [0.25, 0.3) is 0 Å². The van der Waals surface area contributed by atoms with E-state index in [2.05, 4.69) is 4.72 Å². The van der Waals surface area contributed by atoms with Gasteiger partial charge >= 0.3 is 0 Å². The van der Waals surface area contributed by atoms with Gasteiger partial charge in [-0.2, -0.15) is 9.98 Å². The molecule has 1 unspecified atom stereocenters. The van der Waals surface area contributed by atoms with Gasteiger partial charge in [0, 0.05) is 0 Å². The molecule has 5 nitrogen and oxygen atoms in total. The maximum atomic E-state index is 12.3. The Bertz CT molecular complexity index is 776.